The molecule has 1 amide bonds. The molecule has 0 fully saturated rings. The van der Waals surface area contributed by atoms with E-state index in [1.54, 1.807) is 18.8 Å². The zero-order valence-electron chi connectivity index (χ0n) is 7.61. The van der Waals surface area contributed by atoms with Gasteiger partial charge in [-0.2, -0.15) is 0 Å². The fourth-order valence-electron chi connectivity index (χ4n) is 0.914. The molecule has 1 heterocycles. The lowest BCUT2D eigenvalue weighted by Crippen LogP contribution is -2.35. The van der Waals surface area contributed by atoms with Crippen LogP contribution in [0.25, 0.3) is 0 Å². The van der Waals surface area contributed by atoms with E-state index in [9.17, 15) is 4.79 Å². The summed E-state index contributed by atoms with van der Waals surface area (Å²) < 4.78 is 4.89. The van der Waals surface area contributed by atoms with Gasteiger partial charge in [-0.15, -0.1) is 11.3 Å². The fourth-order valence-corrected chi connectivity index (χ4v) is 1.44. The Balaban J connectivity index is 2.42. The second-order valence-corrected chi connectivity index (χ2v) is 3.58. The summed E-state index contributed by atoms with van der Waals surface area (Å²) in [5.41, 5.74) is 1.63. The van der Waals surface area contributed by atoms with Gasteiger partial charge in [-0.25, -0.2) is 0 Å². The van der Waals surface area contributed by atoms with E-state index in [1.165, 1.54) is 11.3 Å². The molecule has 0 aliphatic rings. The Morgan fingerprint density at radius 1 is 1.85 bits per heavy atom. The van der Waals surface area contributed by atoms with Gasteiger partial charge in [0.1, 0.15) is 4.88 Å². The molecule has 5 heteroatoms. The van der Waals surface area contributed by atoms with Crippen LogP contribution in [0.1, 0.15) is 16.6 Å². The van der Waals surface area contributed by atoms with E-state index in [0.29, 0.717) is 11.5 Å². The van der Waals surface area contributed by atoms with Crippen molar-refractivity contribution in [2.75, 3.05) is 13.7 Å². The second-order valence-electron chi connectivity index (χ2n) is 2.70. The number of methoxy groups -OCH3 is 1. The first kappa shape index (κ1) is 10.1. The average molecular weight is 200 g/mol. The predicted molar refractivity (Wildman–Crippen MR) is 50.9 cm³/mol. The third kappa shape index (κ3) is 3.12. The molecule has 0 radical (unpaired) electrons. The zero-order valence-corrected chi connectivity index (χ0v) is 8.43. The molecule has 1 atom stereocenters. The fraction of sp³-hybridized carbons (Fsp3) is 0.500. The van der Waals surface area contributed by atoms with Crippen LogP contribution in [0, 0.1) is 0 Å². The Morgan fingerprint density at radius 2 is 2.62 bits per heavy atom. The maximum absolute atomic E-state index is 11.4. The highest BCUT2D eigenvalue weighted by Gasteiger charge is 2.10. The Hall–Kier alpha value is -0.940. The molecule has 1 aromatic heterocycles. The van der Waals surface area contributed by atoms with E-state index in [2.05, 4.69) is 10.3 Å². The lowest BCUT2D eigenvalue weighted by atomic mass is 10.3. The monoisotopic (exact) mass is 200 g/mol. The smallest absolute Gasteiger partial charge is 0.263 e. The molecule has 0 saturated heterocycles. The SMILES string of the molecule is COCC(C)NC(=O)c1cncs1. The maximum atomic E-state index is 11.4. The van der Waals surface area contributed by atoms with Crippen molar-refractivity contribution >= 4 is 17.2 Å². The van der Waals surface area contributed by atoms with Crippen LogP contribution in [0.2, 0.25) is 0 Å². The van der Waals surface area contributed by atoms with Gasteiger partial charge >= 0.3 is 0 Å². The van der Waals surface area contributed by atoms with Gasteiger partial charge in [0.15, 0.2) is 0 Å². The van der Waals surface area contributed by atoms with Crippen LogP contribution in [0.3, 0.4) is 0 Å². The first-order valence-electron chi connectivity index (χ1n) is 3.92. The minimum atomic E-state index is -0.0907. The Kier molecular flexibility index (Phi) is 3.85. The third-order valence-electron chi connectivity index (χ3n) is 1.45. The number of ether oxygens (including phenoxy) is 1. The summed E-state index contributed by atoms with van der Waals surface area (Å²) in [4.78, 5) is 15.8. The number of nitrogens with zero attached hydrogens (tertiary/aromatic N) is 1. The molecule has 1 aromatic rings. The average Bonchev–Trinajstić information content (AvgIpc) is 2.55. The lowest BCUT2D eigenvalue weighted by Gasteiger charge is -2.10. The van der Waals surface area contributed by atoms with Gasteiger partial charge < -0.3 is 10.1 Å². The van der Waals surface area contributed by atoms with Crippen molar-refractivity contribution in [3.05, 3.63) is 16.6 Å². The summed E-state index contributed by atoms with van der Waals surface area (Å²) in [7, 11) is 1.61. The molecule has 0 aliphatic carbocycles. The lowest BCUT2D eigenvalue weighted by molar-refractivity contribution is 0.0909. The summed E-state index contributed by atoms with van der Waals surface area (Å²) in [6.45, 7) is 2.41. The van der Waals surface area contributed by atoms with Crippen LogP contribution >= 0.6 is 11.3 Å². The van der Waals surface area contributed by atoms with Crippen LogP contribution in [0.5, 0.6) is 0 Å². The quantitative estimate of drug-likeness (QED) is 0.786. The summed E-state index contributed by atoms with van der Waals surface area (Å²) in [6.07, 6.45) is 1.56. The van der Waals surface area contributed by atoms with E-state index in [4.69, 9.17) is 4.74 Å². The van der Waals surface area contributed by atoms with Crippen LogP contribution < -0.4 is 5.32 Å². The minimum absolute atomic E-state index is 0.0274. The Morgan fingerprint density at radius 3 is 3.15 bits per heavy atom. The minimum Gasteiger partial charge on any atom is -0.383 e. The number of carbonyl (C=O) groups is 1. The molecule has 0 aliphatic heterocycles. The predicted octanol–water partition coefficient (Wildman–Crippen LogP) is 0.908. The number of hydrogen-bond acceptors (Lipinski definition) is 4. The van der Waals surface area contributed by atoms with E-state index in [1.807, 2.05) is 6.92 Å². The van der Waals surface area contributed by atoms with Gasteiger partial charge in [0.05, 0.1) is 18.3 Å². The largest absolute Gasteiger partial charge is 0.383 e. The van der Waals surface area contributed by atoms with Crippen molar-refractivity contribution < 1.29 is 9.53 Å². The number of rotatable bonds is 4. The molecule has 0 saturated carbocycles. The third-order valence-corrected chi connectivity index (χ3v) is 2.22. The van der Waals surface area contributed by atoms with Crippen molar-refractivity contribution in [3.8, 4) is 0 Å². The number of hydrogen-bond donors (Lipinski definition) is 1. The molecular formula is C8H12N2O2S. The highest BCUT2D eigenvalue weighted by atomic mass is 32.1. The van der Waals surface area contributed by atoms with Gasteiger partial charge in [-0.3, -0.25) is 9.78 Å². The number of thiazole rings is 1. The number of aromatic nitrogens is 1. The van der Waals surface area contributed by atoms with E-state index in [0.717, 1.165) is 0 Å². The maximum Gasteiger partial charge on any atom is 0.263 e. The van der Waals surface area contributed by atoms with Crippen LogP contribution in [0.15, 0.2) is 11.7 Å². The molecule has 4 nitrogen and oxygen atoms in total. The zero-order chi connectivity index (χ0) is 9.68. The van der Waals surface area contributed by atoms with Crippen LogP contribution in [0.4, 0.5) is 0 Å². The summed E-state index contributed by atoms with van der Waals surface area (Å²) in [5.74, 6) is -0.0907. The number of amides is 1. The van der Waals surface area contributed by atoms with Gasteiger partial charge in [0.25, 0.3) is 5.91 Å². The normalized spacial score (nSPS) is 12.5. The van der Waals surface area contributed by atoms with Crippen LogP contribution in [-0.2, 0) is 4.74 Å². The van der Waals surface area contributed by atoms with Gasteiger partial charge in [-0.1, -0.05) is 0 Å². The van der Waals surface area contributed by atoms with E-state index >= 15 is 0 Å². The van der Waals surface area contributed by atoms with Gasteiger partial charge in [0.2, 0.25) is 0 Å². The van der Waals surface area contributed by atoms with Crippen molar-refractivity contribution in [3.63, 3.8) is 0 Å². The Labute approximate surface area is 80.9 Å². The van der Waals surface area contributed by atoms with Crippen molar-refractivity contribution in [1.29, 1.82) is 0 Å². The molecular weight excluding hydrogens is 188 g/mol. The van der Waals surface area contributed by atoms with Crippen molar-refractivity contribution in [2.45, 2.75) is 13.0 Å². The summed E-state index contributed by atoms with van der Waals surface area (Å²) in [5, 5.41) is 2.79. The molecule has 1 rings (SSSR count). The van der Waals surface area contributed by atoms with Gasteiger partial charge in [-0.05, 0) is 6.92 Å². The molecule has 0 spiro atoms. The number of carbonyl (C=O) groups excluding carboxylic acids is 1. The first-order valence-corrected chi connectivity index (χ1v) is 4.80. The molecule has 72 valence electrons. The van der Waals surface area contributed by atoms with Crippen molar-refractivity contribution in [2.24, 2.45) is 0 Å². The molecule has 1 N–H and O–H groups in total. The standard InChI is InChI=1S/C8H12N2O2S/c1-6(4-12-2)10-8(11)7-3-9-5-13-7/h3,5-6H,4H2,1-2H3,(H,10,11). The highest BCUT2D eigenvalue weighted by molar-refractivity contribution is 7.11. The summed E-state index contributed by atoms with van der Waals surface area (Å²) >= 11 is 1.33. The van der Waals surface area contributed by atoms with E-state index in [-0.39, 0.29) is 11.9 Å². The summed E-state index contributed by atoms with van der Waals surface area (Å²) in [6, 6.07) is 0.0274. The molecule has 0 aromatic carbocycles. The molecule has 13 heavy (non-hydrogen) atoms. The second kappa shape index (κ2) is 4.94. The molecule has 1 unspecified atom stereocenters. The van der Waals surface area contributed by atoms with E-state index < -0.39 is 0 Å². The Bertz CT molecular complexity index is 261. The van der Waals surface area contributed by atoms with Crippen molar-refractivity contribution in [1.82, 2.24) is 10.3 Å². The first-order chi connectivity index (χ1) is 6.24. The molecule has 0 bridgehead atoms. The van der Waals surface area contributed by atoms with Crippen LogP contribution in [-0.4, -0.2) is 30.6 Å². The topological polar surface area (TPSA) is 51.2 Å². The van der Waals surface area contributed by atoms with Gasteiger partial charge in [0, 0.05) is 13.2 Å². The highest BCUT2D eigenvalue weighted by Crippen LogP contribution is 2.04. The number of nitrogens with one attached hydrogen (secondary N) is 1.